The van der Waals surface area contributed by atoms with E-state index in [1.807, 2.05) is 18.3 Å². The number of hydrogen-bond donors (Lipinski definition) is 2. The van der Waals surface area contributed by atoms with Crippen molar-refractivity contribution in [2.75, 3.05) is 0 Å². The van der Waals surface area contributed by atoms with Gasteiger partial charge in [0.2, 0.25) is 5.91 Å². The van der Waals surface area contributed by atoms with Gasteiger partial charge in [-0.3, -0.25) is 4.79 Å². The first kappa shape index (κ1) is 16.5. The molecule has 0 saturated heterocycles. The van der Waals surface area contributed by atoms with Gasteiger partial charge < -0.3 is 10.6 Å². The number of carbonyl (C=O) groups is 1. The molecular formula is C17H28N2OS. The smallest absolute Gasteiger partial charge is 0.237 e. The minimum Gasteiger partial charge on any atom is -0.352 e. The Kier molecular flexibility index (Phi) is 6.24. The average Bonchev–Trinajstić information content (AvgIpc) is 2.84. The van der Waals surface area contributed by atoms with Crippen LogP contribution >= 0.6 is 11.3 Å². The van der Waals surface area contributed by atoms with E-state index >= 15 is 0 Å². The number of rotatable bonds is 6. The summed E-state index contributed by atoms with van der Waals surface area (Å²) in [6.07, 6.45) is 7.09. The summed E-state index contributed by atoms with van der Waals surface area (Å²) >= 11 is 1.84. The summed E-state index contributed by atoms with van der Waals surface area (Å²) in [6.45, 7) is 6.25. The van der Waals surface area contributed by atoms with Gasteiger partial charge in [-0.15, -0.1) is 11.3 Å². The molecule has 0 aliphatic heterocycles. The van der Waals surface area contributed by atoms with Crippen molar-refractivity contribution in [1.82, 2.24) is 10.6 Å². The van der Waals surface area contributed by atoms with E-state index in [9.17, 15) is 4.79 Å². The molecule has 1 heterocycles. The van der Waals surface area contributed by atoms with Crippen molar-refractivity contribution in [1.29, 1.82) is 0 Å². The van der Waals surface area contributed by atoms with Gasteiger partial charge in [-0.2, -0.15) is 0 Å². The van der Waals surface area contributed by atoms with Crippen LogP contribution in [0.3, 0.4) is 0 Å². The SMILES string of the molecule is Cc1ccc(CC(C)NC(C)C(=O)NC2CCCCC2)s1. The highest BCUT2D eigenvalue weighted by atomic mass is 32.1. The highest BCUT2D eigenvalue weighted by Gasteiger charge is 2.20. The van der Waals surface area contributed by atoms with Gasteiger partial charge in [0.05, 0.1) is 6.04 Å². The van der Waals surface area contributed by atoms with E-state index in [0.29, 0.717) is 12.1 Å². The van der Waals surface area contributed by atoms with Crippen LogP contribution in [0.1, 0.15) is 55.7 Å². The zero-order valence-electron chi connectivity index (χ0n) is 13.4. The molecule has 1 fully saturated rings. The molecule has 2 atom stereocenters. The fourth-order valence-corrected chi connectivity index (χ4v) is 4.05. The largest absolute Gasteiger partial charge is 0.352 e. The summed E-state index contributed by atoms with van der Waals surface area (Å²) in [7, 11) is 0. The maximum atomic E-state index is 12.2. The number of aryl methyl sites for hydroxylation is 1. The Morgan fingerprint density at radius 3 is 2.62 bits per heavy atom. The molecule has 1 amide bonds. The van der Waals surface area contributed by atoms with Crippen LogP contribution in [0.4, 0.5) is 0 Å². The first-order valence-corrected chi connectivity index (χ1v) is 8.98. The Morgan fingerprint density at radius 2 is 2.00 bits per heavy atom. The molecule has 1 aliphatic rings. The van der Waals surface area contributed by atoms with Gasteiger partial charge in [0, 0.05) is 21.8 Å². The maximum absolute atomic E-state index is 12.2. The Labute approximate surface area is 132 Å². The number of thiophene rings is 1. The van der Waals surface area contributed by atoms with Crippen molar-refractivity contribution in [3.05, 3.63) is 21.9 Å². The van der Waals surface area contributed by atoms with E-state index in [4.69, 9.17) is 0 Å². The van der Waals surface area contributed by atoms with Crippen LogP contribution in [0.15, 0.2) is 12.1 Å². The van der Waals surface area contributed by atoms with Gasteiger partial charge in [-0.25, -0.2) is 0 Å². The summed E-state index contributed by atoms with van der Waals surface area (Å²) in [6, 6.07) is 4.93. The third-order valence-electron chi connectivity index (χ3n) is 4.18. The van der Waals surface area contributed by atoms with Crippen LogP contribution in [-0.4, -0.2) is 24.0 Å². The van der Waals surface area contributed by atoms with Crippen LogP contribution < -0.4 is 10.6 Å². The van der Waals surface area contributed by atoms with Crippen LogP contribution in [0.25, 0.3) is 0 Å². The molecule has 0 bridgehead atoms. The molecule has 1 saturated carbocycles. The second kappa shape index (κ2) is 7.95. The Bertz CT molecular complexity index is 451. The van der Waals surface area contributed by atoms with Crippen molar-refractivity contribution in [2.24, 2.45) is 0 Å². The average molecular weight is 308 g/mol. The molecule has 2 unspecified atom stereocenters. The summed E-state index contributed by atoms with van der Waals surface area (Å²) < 4.78 is 0. The van der Waals surface area contributed by atoms with Crippen molar-refractivity contribution in [2.45, 2.75) is 77.4 Å². The third-order valence-corrected chi connectivity index (χ3v) is 5.21. The van der Waals surface area contributed by atoms with Gasteiger partial charge >= 0.3 is 0 Å². The molecule has 0 radical (unpaired) electrons. The Morgan fingerprint density at radius 1 is 1.29 bits per heavy atom. The van der Waals surface area contributed by atoms with Gasteiger partial charge in [-0.05, 0) is 52.2 Å². The third kappa shape index (κ3) is 5.44. The lowest BCUT2D eigenvalue weighted by Gasteiger charge is -2.26. The summed E-state index contributed by atoms with van der Waals surface area (Å²) in [5.41, 5.74) is 0. The van der Waals surface area contributed by atoms with Crippen LogP contribution in [-0.2, 0) is 11.2 Å². The maximum Gasteiger partial charge on any atom is 0.237 e. The standard InChI is InChI=1S/C17H28N2OS/c1-12(11-16-10-9-13(2)21-16)18-14(3)17(20)19-15-7-5-4-6-8-15/h9-10,12,14-15,18H,4-8,11H2,1-3H3,(H,19,20). The molecule has 2 N–H and O–H groups in total. The highest BCUT2D eigenvalue weighted by Crippen LogP contribution is 2.18. The van der Waals surface area contributed by atoms with E-state index in [-0.39, 0.29) is 11.9 Å². The molecular weight excluding hydrogens is 280 g/mol. The van der Waals surface area contributed by atoms with Crippen LogP contribution in [0.2, 0.25) is 0 Å². The van der Waals surface area contributed by atoms with Gasteiger partial charge in [0.1, 0.15) is 0 Å². The number of hydrogen-bond acceptors (Lipinski definition) is 3. The molecule has 118 valence electrons. The predicted molar refractivity (Wildman–Crippen MR) is 89.8 cm³/mol. The molecule has 2 rings (SSSR count). The van der Waals surface area contributed by atoms with E-state index < -0.39 is 0 Å². The first-order valence-electron chi connectivity index (χ1n) is 8.16. The molecule has 0 spiro atoms. The monoisotopic (exact) mass is 308 g/mol. The van der Waals surface area contributed by atoms with E-state index in [1.54, 1.807) is 0 Å². The summed E-state index contributed by atoms with van der Waals surface area (Å²) in [4.78, 5) is 15.0. The number of carbonyl (C=O) groups excluding carboxylic acids is 1. The zero-order valence-corrected chi connectivity index (χ0v) is 14.3. The Balaban J connectivity index is 1.74. The number of nitrogens with one attached hydrogen (secondary N) is 2. The molecule has 3 nitrogen and oxygen atoms in total. The lowest BCUT2D eigenvalue weighted by atomic mass is 9.95. The van der Waals surface area contributed by atoms with Gasteiger partial charge in [0.15, 0.2) is 0 Å². The quantitative estimate of drug-likeness (QED) is 0.845. The van der Waals surface area contributed by atoms with Crippen LogP contribution in [0.5, 0.6) is 0 Å². The van der Waals surface area contributed by atoms with Gasteiger partial charge in [0.25, 0.3) is 0 Å². The topological polar surface area (TPSA) is 41.1 Å². The lowest BCUT2D eigenvalue weighted by molar-refractivity contribution is -0.123. The highest BCUT2D eigenvalue weighted by molar-refractivity contribution is 7.11. The molecule has 1 aromatic heterocycles. The summed E-state index contributed by atoms with van der Waals surface area (Å²) in [5, 5.41) is 6.61. The first-order chi connectivity index (χ1) is 10.0. The van der Waals surface area contributed by atoms with E-state index in [0.717, 1.165) is 19.3 Å². The molecule has 4 heteroatoms. The molecule has 1 aromatic rings. The minimum absolute atomic E-state index is 0.122. The van der Waals surface area contributed by atoms with E-state index in [1.165, 1.54) is 29.0 Å². The van der Waals surface area contributed by atoms with Crippen LogP contribution in [0, 0.1) is 6.92 Å². The fraction of sp³-hybridized carbons (Fsp3) is 0.706. The van der Waals surface area contributed by atoms with Crippen molar-refractivity contribution in [3.8, 4) is 0 Å². The number of amides is 1. The second-order valence-corrected chi connectivity index (χ2v) is 7.72. The zero-order chi connectivity index (χ0) is 15.2. The Hall–Kier alpha value is -0.870. The predicted octanol–water partition coefficient (Wildman–Crippen LogP) is 3.41. The van der Waals surface area contributed by atoms with Crippen molar-refractivity contribution in [3.63, 3.8) is 0 Å². The fourth-order valence-electron chi connectivity index (χ4n) is 3.03. The minimum atomic E-state index is -0.122. The molecule has 1 aliphatic carbocycles. The second-order valence-electron chi connectivity index (χ2n) is 6.35. The van der Waals surface area contributed by atoms with Gasteiger partial charge in [-0.1, -0.05) is 19.3 Å². The molecule has 21 heavy (non-hydrogen) atoms. The lowest BCUT2D eigenvalue weighted by Crippen LogP contribution is -2.49. The molecule has 0 aromatic carbocycles. The van der Waals surface area contributed by atoms with E-state index in [2.05, 4.69) is 36.6 Å². The summed E-state index contributed by atoms with van der Waals surface area (Å²) in [5.74, 6) is 0.149. The normalized spacial score (nSPS) is 19.2. The van der Waals surface area contributed by atoms with Crippen molar-refractivity contribution < 1.29 is 4.79 Å². The van der Waals surface area contributed by atoms with Crippen molar-refractivity contribution >= 4 is 17.2 Å².